The predicted molar refractivity (Wildman–Crippen MR) is 238 cm³/mol. The second-order valence-electron chi connectivity index (χ2n) is 14.8. The molecule has 0 N–H and O–H groups in total. The standard InChI is InChI=1S/C53H32N4O/c1-3-15-35(16-4-1)51-54-52(36-17-5-2-6-18-36)56-53(55-51)42-27-30-46(49-41-21-11-12-22-47(41)58-50(42)49)57-44-28-26-39(38-24-23-33-13-7-8-19-37(33)31-38)32-43(44)48-40-20-10-9-14-34(40)25-29-45(48)57/h1-32H. The molecule has 0 saturated carbocycles. The molecule has 0 bridgehead atoms. The fraction of sp³-hybridized carbons (Fsp3) is 0. The highest BCUT2D eigenvalue weighted by atomic mass is 16.3. The van der Waals surface area contributed by atoms with Crippen LogP contribution in [0.3, 0.4) is 0 Å². The number of para-hydroxylation sites is 1. The zero-order valence-corrected chi connectivity index (χ0v) is 31.2. The Morgan fingerprint density at radius 3 is 1.72 bits per heavy atom. The van der Waals surface area contributed by atoms with Gasteiger partial charge in [0.2, 0.25) is 0 Å². The van der Waals surface area contributed by atoms with Crippen molar-refractivity contribution < 1.29 is 4.42 Å². The number of nitrogens with zero attached hydrogens (tertiary/aromatic N) is 4. The molecule has 12 aromatic rings. The maximum atomic E-state index is 6.86. The fourth-order valence-electron chi connectivity index (χ4n) is 8.70. The van der Waals surface area contributed by atoms with E-state index in [1.54, 1.807) is 0 Å². The van der Waals surface area contributed by atoms with E-state index in [1.165, 1.54) is 43.4 Å². The highest BCUT2D eigenvalue weighted by Crippen LogP contribution is 2.44. The predicted octanol–water partition coefficient (Wildman–Crippen LogP) is 13.8. The molecule has 3 aromatic heterocycles. The summed E-state index contributed by atoms with van der Waals surface area (Å²) in [5.41, 5.74) is 9.81. The van der Waals surface area contributed by atoms with Gasteiger partial charge in [-0.3, -0.25) is 0 Å². The molecule has 0 radical (unpaired) electrons. The van der Waals surface area contributed by atoms with Crippen LogP contribution in [0.25, 0.3) is 116 Å². The topological polar surface area (TPSA) is 56.7 Å². The number of aromatic nitrogens is 4. The third kappa shape index (κ3) is 5.07. The molecule has 12 rings (SSSR count). The SMILES string of the molecule is c1ccc(-c2nc(-c3ccccc3)nc(-c3ccc(-n4c5ccc(-c6ccc7ccccc7c6)cc5c5c6ccccc6ccc54)c4c3oc3ccccc34)n2)cc1. The zero-order chi connectivity index (χ0) is 38.2. The van der Waals surface area contributed by atoms with Gasteiger partial charge in [0.25, 0.3) is 0 Å². The van der Waals surface area contributed by atoms with Crippen LogP contribution in [0.4, 0.5) is 0 Å². The summed E-state index contributed by atoms with van der Waals surface area (Å²) in [5, 5.41) is 9.33. The van der Waals surface area contributed by atoms with Gasteiger partial charge >= 0.3 is 0 Å². The molecule has 3 heterocycles. The molecule has 0 spiro atoms. The van der Waals surface area contributed by atoms with E-state index in [0.29, 0.717) is 17.5 Å². The van der Waals surface area contributed by atoms with E-state index < -0.39 is 0 Å². The van der Waals surface area contributed by atoms with Gasteiger partial charge in [-0.05, 0) is 75.1 Å². The maximum absolute atomic E-state index is 6.86. The Labute approximate surface area is 333 Å². The van der Waals surface area contributed by atoms with Crippen molar-refractivity contribution in [3.63, 3.8) is 0 Å². The largest absolute Gasteiger partial charge is 0.455 e. The molecule has 0 fully saturated rings. The zero-order valence-electron chi connectivity index (χ0n) is 31.2. The first-order valence-corrected chi connectivity index (χ1v) is 19.5. The molecule has 9 aromatic carbocycles. The summed E-state index contributed by atoms with van der Waals surface area (Å²) in [6.45, 7) is 0. The van der Waals surface area contributed by atoms with Crippen LogP contribution in [0, 0.1) is 0 Å². The van der Waals surface area contributed by atoms with Crippen LogP contribution in [0.15, 0.2) is 199 Å². The van der Waals surface area contributed by atoms with Crippen molar-refractivity contribution in [2.75, 3.05) is 0 Å². The van der Waals surface area contributed by atoms with Crippen LogP contribution in [0.2, 0.25) is 0 Å². The summed E-state index contributed by atoms with van der Waals surface area (Å²) >= 11 is 0. The van der Waals surface area contributed by atoms with Crippen LogP contribution in [-0.4, -0.2) is 19.5 Å². The molecule has 5 nitrogen and oxygen atoms in total. The Bertz CT molecular complexity index is 3510. The summed E-state index contributed by atoms with van der Waals surface area (Å²) in [5.74, 6) is 1.76. The first-order valence-electron chi connectivity index (χ1n) is 19.5. The first-order chi connectivity index (χ1) is 28.7. The minimum Gasteiger partial charge on any atom is -0.455 e. The quantitative estimate of drug-likeness (QED) is 0.176. The van der Waals surface area contributed by atoms with Crippen LogP contribution in [0.1, 0.15) is 0 Å². The summed E-state index contributed by atoms with van der Waals surface area (Å²) in [4.78, 5) is 15.2. The van der Waals surface area contributed by atoms with E-state index in [4.69, 9.17) is 19.4 Å². The van der Waals surface area contributed by atoms with Gasteiger partial charge in [-0.25, -0.2) is 15.0 Å². The molecular weight excluding hydrogens is 709 g/mol. The van der Waals surface area contributed by atoms with Crippen molar-refractivity contribution in [1.82, 2.24) is 19.5 Å². The lowest BCUT2D eigenvalue weighted by Gasteiger charge is -2.13. The third-order valence-electron chi connectivity index (χ3n) is 11.4. The Morgan fingerprint density at radius 2 is 0.948 bits per heavy atom. The van der Waals surface area contributed by atoms with Crippen molar-refractivity contribution in [3.05, 3.63) is 194 Å². The Morgan fingerprint density at radius 1 is 0.362 bits per heavy atom. The van der Waals surface area contributed by atoms with Crippen molar-refractivity contribution in [2.45, 2.75) is 0 Å². The molecule has 0 aliphatic rings. The highest BCUT2D eigenvalue weighted by molar-refractivity contribution is 6.23. The monoisotopic (exact) mass is 740 g/mol. The van der Waals surface area contributed by atoms with Gasteiger partial charge in [-0.15, -0.1) is 0 Å². The van der Waals surface area contributed by atoms with E-state index in [2.05, 4.69) is 126 Å². The number of furan rings is 1. The summed E-state index contributed by atoms with van der Waals surface area (Å²) in [7, 11) is 0. The molecular formula is C53H32N4O. The van der Waals surface area contributed by atoms with Gasteiger partial charge in [-0.2, -0.15) is 0 Å². The average molecular weight is 741 g/mol. The fourth-order valence-corrected chi connectivity index (χ4v) is 8.70. The summed E-state index contributed by atoms with van der Waals surface area (Å²) in [6.07, 6.45) is 0. The summed E-state index contributed by atoms with van der Waals surface area (Å²) in [6, 6.07) is 68.1. The molecule has 58 heavy (non-hydrogen) atoms. The van der Waals surface area contributed by atoms with Gasteiger partial charge in [0.15, 0.2) is 17.5 Å². The second-order valence-corrected chi connectivity index (χ2v) is 14.8. The molecule has 5 heteroatoms. The van der Waals surface area contributed by atoms with Gasteiger partial charge in [0.1, 0.15) is 11.2 Å². The Balaban J connectivity index is 1.14. The van der Waals surface area contributed by atoms with E-state index in [9.17, 15) is 0 Å². The van der Waals surface area contributed by atoms with Crippen LogP contribution in [0.5, 0.6) is 0 Å². The van der Waals surface area contributed by atoms with E-state index in [1.807, 2.05) is 72.8 Å². The molecule has 0 aliphatic heterocycles. The number of fused-ring (bicyclic) bond motifs is 9. The molecule has 0 unspecified atom stereocenters. The Kier molecular flexibility index (Phi) is 7.16. The lowest BCUT2D eigenvalue weighted by molar-refractivity contribution is 0.669. The molecule has 0 atom stereocenters. The van der Waals surface area contributed by atoms with Gasteiger partial charge < -0.3 is 8.98 Å². The van der Waals surface area contributed by atoms with Gasteiger partial charge in [0.05, 0.1) is 27.7 Å². The smallest absolute Gasteiger partial charge is 0.167 e. The molecule has 270 valence electrons. The summed E-state index contributed by atoms with van der Waals surface area (Å²) < 4.78 is 9.27. The normalized spacial score (nSPS) is 11.8. The minimum absolute atomic E-state index is 0.552. The average Bonchev–Trinajstić information content (AvgIpc) is 3.85. The number of rotatable bonds is 5. The maximum Gasteiger partial charge on any atom is 0.167 e. The van der Waals surface area contributed by atoms with Gasteiger partial charge in [-0.1, -0.05) is 152 Å². The van der Waals surface area contributed by atoms with E-state index >= 15 is 0 Å². The number of hydrogen-bond acceptors (Lipinski definition) is 4. The molecule has 0 amide bonds. The van der Waals surface area contributed by atoms with E-state index in [-0.39, 0.29) is 0 Å². The molecule has 0 aliphatic carbocycles. The first kappa shape index (κ1) is 32.4. The van der Waals surface area contributed by atoms with Crippen molar-refractivity contribution >= 4 is 65.3 Å². The van der Waals surface area contributed by atoms with Crippen molar-refractivity contribution in [3.8, 4) is 51.0 Å². The number of benzene rings is 9. The van der Waals surface area contributed by atoms with E-state index in [0.717, 1.165) is 55.3 Å². The lowest BCUT2D eigenvalue weighted by Crippen LogP contribution is -2.01. The van der Waals surface area contributed by atoms with Gasteiger partial charge in [0, 0.05) is 27.3 Å². The third-order valence-corrected chi connectivity index (χ3v) is 11.4. The van der Waals surface area contributed by atoms with Crippen LogP contribution < -0.4 is 0 Å². The highest BCUT2D eigenvalue weighted by Gasteiger charge is 2.24. The van der Waals surface area contributed by atoms with Crippen molar-refractivity contribution in [2.24, 2.45) is 0 Å². The van der Waals surface area contributed by atoms with Crippen LogP contribution in [-0.2, 0) is 0 Å². The Hall–Kier alpha value is -7.89. The van der Waals surface area contributed by atoms with Crippen molar-refractivity contribution in [1.29, 1.82) is 0 Å². The number of hydrogen-bond donors (Lipinski definition) is 0. The lowest BCUT2D eigenvalue weighted by atomic mass is 9.98. The minimum atomic E-state index is 0.552. The van der Waals surface area contributed by atoms with Crippen LogP contribution >= 0.6 is 0 Å². The second kappa shape index (κ2) is 12.8. The molecule has 0 saturated heterocycles.